The summed E-state index contributed by atoms with van der Waals surface area (Å²) in [5.41, 5.74) is 9.08. The lowest BCUT2D eigenvalue weighted by Gasteiger charge is -2.36. The molecular formula is C31H38N2O3. The van der Waals surface area contributed by atoms with Crippen LogP contribution >= 0.6 is 0 Å². The Morgan fingerprint density at radius 3 is 2.56 bits per heavy atom. The summed E-state index contributed by atoms with van der Waals surface area (Å²) in [6.45, 7) is 14.1. The molecule has 0 spiro atoms. The van der Waals surface area contributed by atoms with Crippen LogP contribution in [-0.4, -0.2) is 43.6 Å². The van der Waals surface area contributed by atoms with Crippen molar-refractivity contribution in [3.05, 3.63) is 63.9 Å². The van der Waals surface area contributed by atoms with Gasteiger partial charge in [-0.2, -0.15) is 0 Å². The van der Waals surface area contributed by atoms with Crippen LogP contribution in [0.25, 0.3) is 16.5 Å². The Morgan fingerprint density at radius 1 is 1.06 bits per heavy atom. The molecule has 5 nitrogen and oxygen atoms in total. The number of ether oxygens (including phenoxy) is 1. The third-order valence-corrected chi connectivity index (χ3v) is 7.78. The van der Waals surface area contributed by atoms with Gasteiger partial charge in [-0.15, -0.1) is 0 Å². The Balaban J connectivity index is 1.39. The smallest absolute Gasteiger partial charge is 0.246 e. The lowest BCUT2D eigenvalue weighted by molar-refractivity contribution is -0.126. The highest BCUT2D eigenvalue weighted by atomic mass is 16.5. The first-order chi connectivity index (χ1) is 17.4. The van der Waals surface area contributed by atoms with Gasteiger partial charge in [0.2, 0.25) is 5.91 Å². The molecule has 0 unspecified atom stereocenters. The number of furan rings is 1. The molecule has 5 heteroatoms. The van der Waals surface area contributed by atoms with E-state index in [0.717, 1.165) is 72.8 Å². The molecule has 190 valence electrons. The van der Waals surface area contributed by atoms with E-state index < -0.39 is 0 Å². The van der Waals surface area contributed by atoms with Gasteiger partial charge in [0.15, 0.2) is 0 Å². The maximum Gasteiger partial charge on any atom is 0.246 e. The van der Waals surface area contributed by atoms with E-state index in [1.165, 1.54) is 40.6 Å². The van der Waals surface area contributed by atoms with Crippen molar-refractivity contribution in [2.75, 3.05) is 37.7 Å². The summed E-state index contributed by atoms with van der Waals surface area (Å²) >= 11 is 0. The molecule has 2 aromatic carbocycles. The van der Waals surface area contributed by atoms with Gasteiger partial charge in [0.05, 0.1) is 6.61 Å². The SMILES string of the molecule is CCOc1c(/C(C)=C/C(=O)N2CCN(c3cc(C)ccc3C)CC2)cc2c3c(oc2c1C)CCCC3. The van der Waals surface area contributed by atoms with Gasteiger partial charge in [0, 0.05) is 66.4 Å². The first-order valence-corrected chi connectivity index (χ1v) is 13.4. The number of allylic oxidation sites excluding steroid dienone is 1. The molecule has 1 amide bonds. The number of aryl methyl sites for hydroxylation is 5. The molecule has 1 aliphatic heterocycles. The number of piperazine rings is 1. The topological polar surface area (TPSA) is 45.9 Å². The molecule has 36 heavy (non-hydrogen) atoms. The fourth-order valence-corrected chi connectivity index (χ4v) is 5.74. The van der Waals surface area contributed by atoms with E-state index >= 15 is 0 Å². The fourth-order valence-electron chi connectivity index (χ4n) is 5.74. The number of fused-ring (bicyclic) bond motifs is 3. The Kier molecular flexibility index (Phi) is 6.83. The molecule has 1 aromatic heterocycles. The molecule has 5 rings (SSSR count). The van der Waals surface area contributed by atoms with Gasteiger partial charge in [-0.1, -0.05) is 12.1 Å². The van der Waals surface area contributed by atoms with Crippen molar-refractivity contribution in [2.24, 2.45) is 0 Å². The van der Waals surface area contributed by atoms with Crippen LogP contribution in [0.5, 0.6) is 5.75 Å². The standard InChI is InChI=1S/C31H38N2O3/c1-6-35-30-23(5)31-26(24-9-7-8-10-28(24)36-31)19-25(30)22(4)18-29(34)33-15-13-32(14-16-33)27-17-20(2)11-12-21(27)3/h11-12,17-19H,6-10,13-16H2,1-5H3/b22-18+. The van der Waals surface area contributed by atoms with E-state index in [4.69, 9.17) is 9.15 Å². The summed E-state index contributed by atoms with van der Waals surface area (Å²) in [6, 6.07) is 8.78. The van der Waals surface area contributed by atoms with E-state index in [0.29, 0.717) is 6.61 Å². The number of benzene rings is 2. The van der Waals surface area contributed by atoms with E-state index in [2.05, 4.69) is 49.9 Å². The molecule has 0 bridgehead atoms. The Morgan fingerprint density at radius 2 is 1.81 bits per heavy atom. The molecule has 0 N–H and O–H groups in total. The Bertz CT molecular complexity index is 1330. The summed E-state index contributed by atoms with van der Waals surface area (Å²) in [5, 5.41) is 1.18. The second kappa shape index (κ2) is 10.0. The van der Waals surface area contributed by atoms with Crippen LogP contribution in [0.4, 0.5) is 5.69 Å². The zero-order valence-corrected chi connectivity index (χ0v) is 22.4. The molecule has 1 saturated heterocycles. The third-order valence-electron chi connectivity index (χ3n) is 7.78. The van der Waals surface area contributed by atoms with Gasteiger partial charge in [0.1, 0.15) is 17.1 Å². The van der Waals surface area contributed by atoms with E-state index in [1.807, 2.05) is 18.7 Å². The average Bonchev–Trinajstić information content (AvgIpc) is 3.26. The highest BCUT2D eigenvalue weighted by Gasteiger charge is 2.25. The molecular weight excluding hydrogens is 448 g/mol. The summed E-state index contributed by atoms with van der Waals surface area (Å²) in [6.07, 6.45) is 6.24. The predicted molar refractivity (Wildman–Crippen MR) is 147 cm³/mol. The highest BCUT2D eigenvalue weighted by Crippen LogP contribution is 2.41. The number of anilines is 1. The molecule has 0 radical (unpaired) electrons. The zero-order chi connectivity index (χ0) is 25.4. The van der Waals surface area contributed by atoms with Crippen LogP contribution < -0.4 is 9.64 Å². The van der Waals surface area contributed by atoms with Crippen molar-refractivity contribution >= 4 is 28.1 Å². The second-order valence-corrected chi connectivity index (χ2v) is 10.3. The minimum absolute atomic E-state index is 0.0718. The van der Waals surface area contributed by atoms with Crippen LogP contribution in [0.15, 0.2) is 34.8 Å². The average molecular weight is 487 g/mol. The minimum atomic E-state index is 0.0718. The Labute approximate surface area is 214 Å². The number of hydrogen-bond donors (Lipinski definition) is 0. The lowest BCUT2D eigenvalue weighted by Crippen LogP contribution is -2.48. The Hall–Kier alpha value is -3.21. The summed E-state index contributed by atoms with van der Waals surface area (Å²) in [4.78, 5) is 17.7. The second-order valence-electron chi connectivity index (χ2n) is 10.3. The highest BCUT2D eigenvalue weighted by molar-refractivity contribution is 5.98. The summed E-state index contributed by atoms with van der Waals surface area (Å²) in [7, 11) is 0. The minimum Gasteiger partial charge on any atom is -0.493 e. The van der Waals surface area contributed by atoms with Crippen molar-refractivity contribution in [1.29, 1.82) is 0 Å². The summed E-state index contributed by atoms with van der Waals surface area (Å²) < 4.78 is 12.4. The molecule has 1 aliphatic carbocycles. The van der Waals surface area contributed by atoms with Crippen molar-refractivity contribution in [3.8, 4) is 5.75 Å². The van der Waals surface area contributed by atoms with E-state index in [1.54, 1.807) is 6.08 Å². The number of nitrogens with zero attached hydrogens (tertiary/aromatic N) is 2. The van der Waals surface area contributed by atoms with Crippen molar-refractivity contribution < 1.29 is 13.9 Å². The predicted octanol–water partition coefficient (Wildman–Crippen LogP) is 6.39. The largest absolute Gasteiger partial charge is 0.493 e. The number of rotatable bonds is 5. The number of carbonyl (C=O) groups is 1. The molecule has 0 atom stereocenters. The van der Waals surface area contributed by atoms with Gasteiger partial charge >= 0.3 is 0 Å². The molecule has 3 aromatic rings. The van der Waals surface area contributed by atoms with Crippen LogP contribution in [0.3, 0.4) is 0 Å². The maximum absolute atomic E-state index is 13.3. The van der Waals surface area contributed by atoms with Crippen LogP contribution in [0, 0.1) is 20.8 Å². The van der Waals surface area contributed by atoms with Gasteiger partial charge < -0.3 is 19.0 Å². The normalized spacial score (nSPS) is 16.4. The van der Waals surface area contributed by atoms with Crippen LogP contribution in [-0.2, 0) is 17.6 Å². The maximum atomic E-state index is 13.3. The molecule has 0 saturated carbocycles. The first kappa shape index (κ1) is 24.5. The monoisotopic (exact) mass is 486 g/mol. The first-order valence-electron chi connectivity index (χ1n) is 13.4. The van der Waals surface area contributed by atoms with Crippen LogP contribution in [0.2, 0.25) is 0 Å². The van der Waals surface area contributed by atoms with Gasteiger partial charge in [0.25, 0.3) is 0 Å². The quantitative estimate of drug-likeness (QED) is 0.392. The van der Waals surface area contributed by atoms with Crippen LogP contribution in [0.1, 0.15) is 60.3 Å². The van der Waals surface area contributed by atoms with E-state index in [9.17, 15) is 4.79 Å². The number of hydrogen-bond acceptors (Lipinski definition) is 4. The van der Waals surface area contributed by atoms with Crippen molar-refractivity contribution in [3.63, 3.8) is 0 Å². The van der Waals surface area contributed by atoms with Gasteiger partial charge in [-0.05, 0) is 82.7 Å². The van der Waals surface area contributed by atoms with E-state index in [-0.39, 0.29) is 5.91 Å². The third kappa shape index (κ3) is 4.52. The number of amides is 1. The van der Waals surface area contributed by atoms with Crippen molar-refractivity contribution in [1.82, 2.24) is 4.90 Å². The van der Waals surface area contributed by atoms with Crippen molar-refractivity contribution in [2.45, 2.75) is 60.3 Å². The molecule has 1 fully saturated rings. The van der Waals surface area contributed by atoms with Gasteiger partial charge in [-0.3, -0.25) is 4.79 Å². The number of carbonyl (C=O) groups excluding carboxylic acids is 1. The van der Waals surface area contributed by atoms with Gasteiger partial charge in [-0.25, -0.2) is 0 Å². The zero-order valence-electron chi connectivity index (χ0n) is 22.4. The molecule has 2 aliphatic rings. The molecule has 2 heterocycles. The lowest BCUT2D eigenvalue weighted by atomic mass is 9.93. The summed E-state index contributed by atoms with van der Waals surface area (Å²) in [5.74, 6) is 2.03. The fraction of sp³-hybridized carbons (Fsp3) is 0.452.